The monoisotopic (exact) mass is 404 g/mol. The van der Waals surface area contributed by atoms with Gasteiger partial charge in [-0.05, 0) is 48.5 Å². The molecule has 4 rings (SSSR count). The van der Waals surface area contributed by atoms with Gasteiger partial charge >= 0.3 is 0 Å². The normalized spacial score (nSPS) is 11.0. The van der Waals surface area contributed by atoms with E-state index in [1.54, 1.807) is 18.0 Å². The van der Waals surface area contributed by atoms with E-state index in [-0.39, 0.29) is 5.69 Å². The fourth-order valence-electron chi connectivity index (χ4n) is 2.92. The van der Waals surface area contributed by atoms with Gasteiger partial charge in [0, 0.05) is 23.4 Å². The predicted molar refractivity (Wildman–Crippen MR) is 113 cm³/mol. The van der Waals surface area contributed by atoms with Crippen molar-refractivity contribution >= 4 is 11.9 Å². The van der Waals surface area contributed by atoms with Gasteiger partial charge in [-0.2, -0.15) is 10.2 Å². The molecule has 5 nitrogen and oxygen atoms in total. The van der Waals surface area contributed by atoms with Gasteiger partial charge in [0.1, 0.15) is 17.3 Å². The molecule has 0 aliphatic carbocycles. The predicted octanol–water partition coefficient (Wildman–Crippen LogP) is 5.27. The van der Waals surface area contributed by atoms with Crippen LogP contribution in [-0.4, -0.2) is 23.1 Å². The van der Waals surface area contributed by atoms with Crippen molar-refractivity contribution in [1.29, 1.82) is 0 Å². The van der Waals surface area contributed by atoms with Gasteiger partial charge in [0.15, 0.2) is 5.82 Å². The maximum absolute atomic E-state index is 13.8. The van der Waals surface area contributed by atoms with E-state index in [1.807, 2.05) is 60.8 Å². The highest BCUT2D eigenvalue weighted by Gasteiger charge is 2.11. The minimum atomic E-state index is -0.720. The second kappa shape index (κ2) is 8.57. The zero-order valence-electron chi connectivity index (χ0n) is 16.1. The molecule has 1 aromatic heterocycles. The van der Waals surface area contributed by atoms with Gasteiger partial charge in [0.2, 0.25) is 0 Å². The Bertz CT molecular complexity index is 1170. The standard InChI is InChI=1S/C23H18F2N4O/c1-30-20-10-7-16(8-11-20)23-17(15-29(28-23)19-5-3-2-4-6-19)14-26-27-22-12-9-18(24)13-21(22)25/h2-15,27H,1H3/b26-14+. The topological polar surface area (TPSA) is 51.4 Å². The minimum absolute atomic E-state index is 0.0779. The molecule has 0 saturated carbocycles. The smallest absolute Gasteiger partial charge is 0.151 e. The average Bonchev–Trinajstić information content (AvgIpc) is 3.20. The number of para-hydroxylation sites is 1. The molecule has 150 valence electrons. The van der Waals surface area contributed by atoms with Crippen LogP contribution in [0.2, 0.25) is 0 Å². The molecule has 0 fully saturated rings. The molecule has 0 bridgehead atoms. The van der Waals surface area contributed by atoms with Crippen molar-refractivity contribution in [2.24, 2.45) is 5.10 Å². The fraction of sp³-hybridized carbons (Fsp3) is 0.0435. The quantitative estimate of drug-likeness (QED) is 0.352. The van der Waals surface area contributed by atoms with Crippen LogP contribution < -0.4 is 10.2 Å². The number of hydrogen-bond donors (Lipinski definition) is 1. The summed E-state index contributed by atoms with van der Waals surface area (Å²) in [5, 5.41) is 8.81. The van der Waals surface area contributed by atoms with E-state index in [2.05, 4.69) is 10.5 Å². The van der Waals surface area contributed by atoms with E-state index in [0.29, 0.717) is 5.69 Å². The van der Waals surface area contributed by atoms with Gasteiger partial charge in [-0.3, -0.25) is 5.43 Å². The lowest BCUT2D eigenvalue weighted by Crippen LogP contribution is -1.95. The Morgan fingerprint density at radius 2 is 1.77 bits per heavy atom. The minimum Gasteiger partial charge on any atom is -0.497 e. The molecule has 0 radical (unpaired) electrons. The van der Waals surface area contributed by atoms with E-state index in [9.17, 15) is 8.78 Å². The van der Waals surface area contributed by atoms with Crippen molar-refractivity contribution in [1.82, 2.24) is 9.78 Å². The lowest BCUT2D eigenvalue weighted by atomic mass is 10.1. The van der Waals surface area contributed by atoms with Crippen LogP contribution in [0.15, 0.2) is 84.1 Å². The number of nitrogens with zero attached hydrogens (tertiary/aromatic N) is 3. The number of benzene rings is 3. The number of hydrazone groups is 1. The number of ether oxygens (including phenoxy) is 1. The number of rotatable bonds is 6. The molecular weight excluding hydrogens is 386 g/mol. The Hall–Kier alpha value is -4.00. The Labute approximate surface area is 172 Å². The first-order chi connectivity index (χ1) is 14.6. The largest absolute Gasteiger partial charge is 0.497 e. The highest BCUT2D eigenvalue weighted by molar-refractivity contribution is 5.89. The van der Waals surface area contributed by atoms with Gasteiger partial charge in [-0.1, -0.05) is 18.2 Å². The summed E-state index contributed by atoms with van der Waals surface area (Å²) in [6, 6.07) is 20.4. The molecule has 4 aromatic rings. The third-order valence-corrected chi connectivity index (χ3v) is 4.45. The van der Waals surface area contributed by atoms with Crippen molar-refractivity contribution in [2.75, 3.05) is 12.5 Å². The number of aromatic nitrogens is 2. The van der Waals surface area contributed by atoms with Crippen LogP contribution in [0.5, 0.6) is 5.75 Å². The number of hydrogen-bond acceptors (Lipinski definition) is 4. The number of anilines is 1. The SMILES string of the molecule is COc1ccc(-c2nn(-c3ccccc3)cc2/C=N/Nc2ccc(F)cc2F)cc1. The third-order valence-electron chi connectivity index (χ3n) is 4.45. The lowest BCUT2D eigenvalue weighted by Gasteiger charge is -2.03. The summed E-state index contributed by atoms with van der Waals surface area (Å²) in [7, 11) is 1.61. The summed E-state index contributed by atoms with van der Waals surface area (Å²) in [6.45, 7) is 0. The van der Waals surface area contributed by atoms with Crippen molar-refractivity contribution in [3.8, 4) is 22.7 Å². The summed E-state index contributed by atoms with van der Waals surface area (Å²) in [5.41, 5.74) is 5.87. The van der Waals surface area contributed by atoms with Crippen LogP contribution in [0.25, 0.3) is 16.9 Å². The molecular formula is C23H18F2N4O. The number of halogens is 2. The molecule has 7 heteroatoms. The number of nitrogens with one attached hydrogen (secondary N) is 1. The van der Waals surface area contributed by atoms with E-state index < -0.39 is 11.6 Å². The van der Waals surface area contributed by atoms with E-state index in [0.717, 1.165) is 34.7 Å². The highest BCUT2D eigenvalue weighted by Crippen LogP contribution is 2.25. The molecule has 0 aliphatic rings. The van der Waals surface area contributed by atoms with Gasteiger partial charge < -0.3 is 4.74 Å². The first kappa shape index (κ1) is 19.3. The first-order valence-corrected chi connectivity index (χ1v) is 9.17. The molecule has 0 unspecified atom stereocenters. The summed E-state index contributed by atoms with van der Waals surface area (Å²) in [6.07, 6.45) is 3.38. The molecule has 30 heavy (non-hydrogen) atoms. The van der Waals surface area contributed by atoms with Crippen LogP contribution in [0.1, 0.15) is 5.56 Å². The molecule has 1 heterocycles. The zero-order chi connectivity index (χ0) is 20.9. The fourth-order valence-corrected chi connectivity index (χ4v) is 2.92. The molecule has 0 amide bonds. The van der Waals surface area contributed by atoms with Gasteiger partial charge in [-0.25, -0.2) is 13.5 Å². The van der Waals surface area contributed by atoms with Crippen molar-refractivity contribution < 1.29 is 13.5 Å². The zero-order valence-corrected chi connectivity index (χ0v) is 16.1. The maximum Gasteiger partial charge on any atom is 0.151 e. The Kier molecular flexibility index (Phi) is 5.52. The van der Waals surface area contributed by atoms with Gasteiger partial charge in [-0.15, -0.1) is 0 Å². The molecule has 0 atom stereocenters. The average molecular weight is 404 g/mol. The van der Waals surface area contributed by atoms with Crippen molar-refractivity contribution in [2.45, 2.75) is 0 Å². The molecule has 0 aliphatic heterocycles. The van der Waals surface area contributed by atoms with Gasteiger partial charge in [0.05, 0.1) is 24.7 Å². The van der Waals surface area contributed by atoms with E-state index in [1.165, 1.54) is 6.07 Å². The van der Waals surface area contributed by atoms with Crippen LogP contribution in [0.3, 0.4) is 0 Å². The van der Waals surface area contributed by atoms with Crippen molar-refractivity contribution in [3.05, 3.63) is 96.2 Å². The molecule has 0 saturated heterocycles. The van der Waals surface area contributed by atoms with Crippen LogP contribution in [-0.2, 0) is 0 Å². The summed E-state index contributed by atoms with van der Waals surface area (Å²) in [4.78, 5) is 0. The first-order valence-electron chi connectivity index (χ1n) is 9.17. The summed E-state index contributed by atoms with van der Waals surface area (Å²) >= 11 is 0. The van der Waals surface area contributed by atoms with Crippen LogP contribution in [0, 0.1) is 11.6 Å². The number of methoxy groups -OCH3 is 1. The van der Waals surface area contributed by atoms with E-state index >= 15 is 0 Å². The Morgan fingerprint density at radius 1 is 1.00 bits per heavy atom. The van der Waals surface area contributed by atoms with Gasteiger partial charge in [0.25, 0.3) is 0 Å². The molecule has 1 N–H and O–H groups in total. The summed E-state index contributed by atoms with van der Waals surface area (Å²) < 4.78 is 33.8. The maximum atomic E-state index is 13.8. The third kappa shape index (κ3) is 4.20. The van der Waals surface area contributed by atoms with Crippen LogP contribution >= 0.6 is 0 Å². The molecule has 0 spiro atoms. The molecule has 3 aromatic carbocycles. The summed E-state index contributed by atoms with van der Waals surface area (Å²) in [5.74, 6) is -0.625. The Morgan fingerprint density at radius 3 is 2.47 bits per heavy atom. The second-order valence-electron chi connectivity index (χ2n) is 6.44. The van der Waals surface area contributed by atoms with Crippen LogP contribution in [0.4, 0.5) is 14.5 Å². The second-order valence-corrected chi connectivity index (χ2v) is 6.44. The highest BCUT2D eigenvalue weighted by atomic mass is 19.1. The lowest BCUT2D eigenvalue weighted by molar-refractivity contribution is 0.415. The van der Waals surface area contributed by atoms with Crippen molar-refractivity contribution in [3.63, 3.8) is 0 Å². The Balaban J connectivity index is 1.68. The van der Waals surface area contributed by atoms with E-state index in [4.69, 9.17) is 9.84 Å².